The Labute approximate surface area is 465 Å². The Hall–Kier alpha value is -10.0. The first-order valence-corrected chi connectivity index (χ1v) is 28.1. The van der Waals surface area contributed by atoms with E-state index >= 15 is 0 Å². The predicted octanol–water partition coefficient (Wildman–Crippen LogP) is 21.9. The molecule has 0 saturated carbocycles. The highest BCUT2D eigenvalue weighted by Crippen LogP contribution is 2.49. The van der Waals surface area contributed by atoms with Crippen LogP contribution in [0.2, 0.25) is 0 Å². The molecule has 0 N–H and O–H groups in total. The van der Waals surface area contributed by atoms with E-state index in [9.17, 15) is 0 Å². The van der Waals surface area contributed by atoms with E-state index in [4.69, 9.17) is 0 Å². The summed E-state index contributed by atoms with van der Waals surface area (Å²) < 4.78 is 0. The molecule has 1 unspecified atom stereocenters. The van der Waals surface area contributed by atoms with Crippen molar-refractivity contribution >= 4 is 120 Å². The largest absolute Gasteiger partial charge is 0.310 e. The molecule has 0 radical (unpaired) electrons. The zero-order valence-corrected chi connectivity index (χ0v) is 44.4. The Morgan fingerprint density at radius 3 is 1.21 bits per heavy atom. The minimum absolute atomic E-state index is 0.295. The number of rotatable bonds is 10. The molecule has 15 aromatic rings. The summed E-state index contributed by atoms with van der Waals surface area (Å²) in [6.45, 7) is 2.16. The Morgan fingerprint density at radius 1 is 0.338 bits per heavy atom. The number of hydrogen-bond acceptors (Lipinski definition) is 2. The van der Waals surface area contributed by atoms with Crippen molar-refractivity contribution in [3.63, 3.8) is 0 Å². The van der Waals surface area contributed by atoms with E-state index in [1.54, 1.807) is 0 Å². The van der Waals surface area contributed by atoms with Crippen LogP contribution in [0.4, 0.5) is 34.1 Å². The summed E-state index contributed by atoms with van der Waals surface area (Å²) in [4.78, 5) is 4.90. The van der Waals surface area contributed by atoms with Gasteiger partial charge in [0.05, 0.1) is 11.4 Å². The molecule has 1 atom stereocenters. The Morgan fingerprint density at radius 2 is 0.738 bits per heavy atom. The third-order valence-corrected chi connectivity index (χ3v) is 17.4. The number of anilines is 6. The molecule has 0 aromatic heterocycles. The molecule has 0 fully saturated rings. The molecule has 0 amide bonds. The molecule has 2 nitrogen and oxygen atoms in total. The van der Waals surface area contributed by atoms with Crippen LogP contribution in [0.5, 0.6) is 0 Å². The van der Waals surface area contributed by atoms with Crippen LogP contribution in [-0.4, -0.2) is 0 Å². The minimum Gasteiger partial charge on any atom is -0.310 e. The summed E-state index contributed by atoms with van der Waals surface area (Å²) in [6.07, 6.45) is 9.07. The average Bonchev–Trinajstić information content (AvgIpc) is 3.45. The fourth-order valence-corrected chi connectivity index (χ4v) is 13.5. The SMILES string of the molecule is Cc1ccc(N(c2ccc(CC3=CCC(c4ccc(N(c5ccc(-c6ccccc6)cc5)c5ccc6c7cccc8cccc(c9cccc5c96)c87)cc4)C=C3)cc2)c2ccc3c4cccc5cccc(c6cccc2c63)c54)cc1. The van der Waals surface area contributed by atoms with Crippen molar-refractivity contribution in [1.29, 1.82) is 0 Å². The first-order valence-electron chi connectivity index (χ1n) is 28.1. The second kappa shape index (κ2) is 18.6. The fourth-order valence-electron chi connectivity index (χ4n) is 13.5. The molecule has 1 aliphatic rings. The van der Waals surface area contributed by atoms with Crippen LogP contribution in [-0.2, 0) is 6.42 Å². The van der Waals surface area contributed by atoms with Crippen molar-refractivity contribution in [3.8, 4) is 11.1 Å². The lowest BCUT2D eigenvalue weighted by molar-refractivity contribution is 0.839. The maximum atomic E-state index is 2.45. The highest BCUT2D eigenvalue weighted by atomic mass is 15.1. The van der Waals surface area contributed by atoms with Gasteiger partial charge in [-0.3, -0.25) is 0 Å². The van der Waals surface area contributed by atoms with Gasteiger partial charge in [-0.05, 0) is 184 Å². The average molecular weight is 1020 g/mol. The van der Waals surface area contributed by atoms with Gasteiger partial charge in [0, 0.05) is 39.4 Å². The second-order valence-electron chi connectivity index (χ2n) is 22.0. The first kappa shape index (κ1) is 46.1. The summed E-state index contributed by atoms with van der Waals surface area (Å²) in [5.41, 5.74) is 14.5. The lowest BCUT2D eigenvalue weighted by atomic mass is 9.88. The quantitative estimate of drug-likeness (QED) is 0.0995. The van der Waals surface area contributed by atoms with Gasteiger partial charge in [0.25, 0.3) is 0 Å². The summed E-state index contributed by atoms with van der Waals surface area (Å²) in [6, 6.07) is 97.3. The van der Waals surface area contributed by atoms with Crippen molar-refractivity contribution in [2.75, 3.05) is 9.80 Å². The van der Waals surface area contributed by atoms with E-state index in [2.05, 4.69) is 296 Å². The van der Waals surface area contributed by atoms with Gasteiger partial charge in [0.2, 0.25) is 0 Å². The van der Waals surface area contributed by atoms with E-state index in [1.165, 1.54) is 131 Å². The van der Waals surface area contributed by atoms with E-state index in [0.717, 1.165) is 35.6 Å². The maximum absolute atomic E-state index is 2.45. The predicted molar refractivity (Wildman–Crippen MR) is 343 cm³/mol. The first-order chi connectivity index (χ1) is 39.6. The van der Waals surface area contributed by atoms with E-state index in [0.29, 0.717) is 5.92 Å². The molecule has 1 aliphatic carbocycles. The lowest BCUT2D eigenvalue weighted by Gasteiger charge is -2.28. The summed E-state index contributed by atoms with van der Waals surface area (Å²) in [7, 11) is 0. The Bertz CT molecular complexity index is 4820. The highest BCUT2D eigenvalue weighted by molar-refractivity contribution is 6.35. The molecule has 0 aliphatic heterocycles. The third-order valence-electron chi connectivity index (χ3n) is 17.4. The Kier molecular flexibility index (Phi) is 10.7. The van der Waals surface area contributed by atoms with E-state index in [1.807, 2.05) is 0 Å². The zero-order chi connectivity index (χ0) is 52.8. The van der Waals surface area contributed by atoms with Gasteiger partial charge in [0.15, 0.2) is 0 Å². The number of aryl methyl sites for hydroxylation is 1. The summed E-state index contributed by atoms with van der Waals surface area (Å²) in [5.74, 6) is 0.295. The number of fused-ring (bicyclic) bond motifs is 4. The van der Waals surface area contributed by atoms with Crippen molar-refractivity contribution in [2.24, 2.45) is 0 Å². The summed E-state index contributed by atoms with van der Waals surface area (Å²) >= 11 is 0. The number of benzene rings is 15. The fraction of sp³-hybridized carbons (Fsp3) is 0.0513. The Balaban J connectivity index is 0.696. The van der Waals surface area contributed by atoms with Gasteiger partial charge in [-0.25, -0.2) is 0 Å². The van der Waals surface area contributed by atoms with Crippen molar-refractivity contribution in [3.05, 3.63) is 301 Å². The second-order valence-corrected chi connectivity index (χ2v) is 22.0. The lowest BCUT2D eigenvalue weighted by Crippen LogP contribution is -2.11. The van der Waals surface area contributed by atoms with Gasteiger partial charge in [0.1, 0.15) is 0 Å². The van der Waals surface area contributed by atoms with Crippen LogP contribution in [0.3, 0.4) is 0 Å². The maximum Gasteiger partial charge on any atom is 0.0540 e. The molecule has 0 saturated heterocycles. The molecule has 0 spiro atoms. The molecule has 16 rings (SSSR count). The van der Waals surface area contributed by atoms with Crippen LogP contribution < -0.4 is 9.80 Å². The van der Waals surface area contributed by atoms with Gasteiger partial charge < -0.3 is 9.80 Å². The normalized spacial score (nSPS) is 13.7. The molecule has 80 heavy (non-hydrogen) atoms. The van der Waals surface area contributed by atoms with Crippen molar-refractivity contribution < 1.29 is 0 Å². The standard InChI is InChI=1S/C78H54N2/c1-50-25-37-59(38-26-50)79(73-47-45-69-65-19-7-15-57-13-5-17-63(75(57)65)67-21-9-23-71(73)77(67)69)60-39-29-52(30-40-60)49-51-27-31-54(32-28-51)56-35-43-62(44-36-56)80(61-41-33-55(34-42-61)53-11-3-2-4-12-53)74-48-46-70-66-20-8-16-58-14-6-18-64(76(58)66)68-22-10-24-72(74)78(68)70/h2-31,33-48,54H,32,49H2,1H3. The highest BCUT2D eigenvalue weighted by Gasteiger charge is 2.23. The van der Waals surface area contributed by atoms with Crippen LogP contribution >= 0.6 is 0 Å². The zero-order valence-electron chi connectivity index (χ0n) is 44.4. The third kappa shape index (κ3) is 7.48. The minimum atomic E-state index is 0.295. The number of allylic oxidation sites excluding steroid dienone is 4. The smallest absolute Gasteiger partial charge is 0.0540 e. The molecule has 0 heterocycles. The van der Waals surface area contributed by atoms with Crippen molar-refractivity contribution in [2.45, 2.75) is 25.7 Å². The van der Waals surface area contributed by atoms with Crippen LogP contribution in [0.15, 0.2) is 285 Å². The van der Waals surface area contributed by atoms with Crippen LogP contribution in [0, 0.1) is 6.92 Å². The van der Waals surface area contributed by atoms with E-state index < -0.39 is 0 Å². The topological polar surface area (TPSA) is 6.48 Å². The van der Waals surface area contributed by atoms with Gasteiger partial charge in [-0.15, -0.1) is 0 Å². The number of nitrogens with zero attached hydrogens (tertiary/aromatic N) is 2. The molecule has 2 heteroatoms. The van der Waals surface area contributed by atoms with Gasteiger partial charge >= 0.3 is 0 Å². The number of hydrogen-bond donors (Lipinski definition) is 0. The monoisotopic (exact) mass is 1020 g/mol. The molecular formula is C78H54N2. The van der Waals surface area contributed by atoms with Crippen LogP contribution in [0.25, 0.3) is 97.3 Å². The van der Waals surface area contributed by atoms with Gasteiger partial charge in [-0.2, -0.15) is 0 Å². The molecule has 0 bridgehead atoms. The van der Waals surface area contributed by atoms with Gasteiger partial charge in [-0.1, -0.05) is 224 Å². The van der Waals surface area contributed by atoms with Crippen LogP contribution in [0.1, 0.15) is 29.0 Å². The van der Waals surface area contributed by atoms with E-state index in [-0.39, 0.29) is 0 Å². The van der Waals surface area contributed by atoms with Crippen molar-refractivity contribution in [1.82, 2.24) is 0 Å². The molecular weight excluding hydrogens is 965 g/mol. The summed E-state index contributed by atoms with van der Waals surface area (Å²) in [5, 5.41) is 20.8. The molecule has 376 valence electrons. The molecule has 15 aromatic carbocycles.